The number of rotatable bonds is 4. The fraction of sp³-hybridized carbons (Fsp3) is 0.250. The number of anilines is 1. The lowest BCUT2D eigenvalue weighted by atomic mass is 9.99. The van der Waals surface area contributed by atoms with Gasteiger partial charge in [0.05, 0.1) is 10.0 Å². The van der Waals surface area contributed by atoms with Crippen molar-refractivity contribution in [1.82, 2.24) is 0 Å². The molecule has 0 aliphatic heterocycles. The summed E-state index contributed by atoms with van der Waals surface area (Å²) in [6, 6.07) is 13.8. The van der Waals surface area contributed by atoms with Crippen LogP contribution >= 0.6 is 23.2 Å². The summed E-state index contributed by atoms with van der Waals surface area (Å²) in [5.74, 6) is 0. The third-order valence-electron chi connectivity index (χ3n) is 3.31. The molecular weight excluding hydrogens is 291 g/mol. The Hall–Kier alpha value is -1.22. The number of nitrogens with zero attached hydrogens (tertiary/aromatic N) is 1. The molecule has 1 unspecified atom stereocenters. The Labute approximate surface area is 130 Å². The van der Waals surface area contributed by atoms with Gasteiger partial charge in [0.15, 0.2) is 0 Å². The van der Waals surface area contributed by atoms with Crippen LogP contribution in [0.5, 0.6) is 0 Å². The summed E-state index contributed by atoms with van der Waals surface area (Å²) >= 11 is 12.2. The van der Waals surface area contributed by atoms with E-state index in [-0.39, 0.29) is 6.04 Å². The van der Waals surface area contributed by atoms with Crippen LogP contribution in [0.2, 0.25) is 10.0 Å². The van der Waals surface area contributed by atoms with Crippen molar-refractivity contribution in [2.45, 2.75) is 12.5 Å². The van der Waals surface area contributed by atoms with E-state index in [1.807, 2.05) is 26.2 Å². The van der Waals surface area contributed by atoms with Gasteiger partial charge < -0.3 is 10.6 Å². The average molecular weight is 309 g/mol. The van der Waals surface area contributed by atoms with Gasteiger partial charge in [0.2, 0.25) is 0 Å². The van der Waals surface area contributed by atoms with Crippen molar-refractivity contribution >= 4 is 28.9 Å². The van der Waals surface area contributed by atoms with Crippen LogP contribution in [-0.4, -0.2) is 14.1 Å². The molecule has 2 aromatic rings. The first-order valence-corrected chi connectivity index (χ1v) is 7.20. The van der Waals surface area contributed by atoms with Gasteiger partial charge in [-0.1, -0.05) is 47.5 Å². The summed E-state index contributed by atoms with van der Waals surface area (Å²) in [6.45, 7) is 0. The minimum Gasteiger partial charge on any atom is -0.378 e. The van der Waals surface area contributed by atoms with Crippen LogP contribution in [0, 0.1) is 0 Å². The number of nitrogens with two attached hydrogens (primary N) is 1. The molecule has 1 atom stereocenters. The molecule has 0 saturated carbocycles. The molecule has 2 nitrogen and oxygen atoms in total. The van der Waals surface area contributed by atoms with E-state index in [0.29, 0.717) is 16.5 Å². The molecule has 0 saturated heterocycles. The first kappa shape index (κ1) is 15.2. The van der Waals surface area contributed by atoms with Gasteiger partial charge in [0.25, 0.3) is 0 Å². The molecule has 2 N–H and O–H groups in total. The third-order valence-corrected chi connectivity index (χ3v) is 4.17. The van der Waals surface area contributed by atoms with Gasteiger partial charge in [0.1, 0.15) is 0 Å². The fourth-order valence-electron chi connectivity index (χ4n) is 2.08. The molecule has 0 aliphatic rings. The monoisotopic (exact) mass is 308 g/mol. The molecule has 4 heteroatoms. The van der Waals surface area contributed by atoms with E-state index in [0.717, 1.165) is 16.8 Å². The summed E-state index contributed by atoms with van der Waals surface area (Å²) < 4.78 is 0. The van der Waals surface area contributed by atoms with E-state index in [1.165, 1.54) is 0 Å². The van der Waals surface area contributed by atoms with Gasteiger partial charge in [0, 0.05) is 25.8 Å². The molecule has 2 aromatic carbocycles. The predicted molar refractivity (Wildman–Crippen MR) is 87.9 cm³/mol. The van der Waals surface area contributed by atoms with Gasteiger partial charge in [-0.15, -0.1) is 0 Å². The zero-order chi connectivity index (χ0) is 14.7. The summed E-state index contributed by atoms with van der Waals surface area (Å²) in [6.07, 6.45) is 0.667. The Morgan fingerprint density at radius 2 is 1.70 bits per heavy atom. The van der Waals surface area contributed by atoms with E-state index < -0.39 is 0 Å². The molecule has 0 amide bonds. The molecule has 2 rings (SSSR count). The zero-order valence-corrected chi connectivity index (χ0v) is 13.1. The highest BCUT2D eigenvalue weighted by Gasteiger charge is 2.11. The van der Waals surface area contributed by atoms with Crippen molar-refractivity contribution < 1.29 is 0 Å². The first-order chi connectivity index (χ1) is 9.49. The van der Waals surface area contributed by atoms with Crippen molar-refractivity contribution in [2.24, 2.45) is 5.73 Å². The molecule has 0 radical (unpaired) electrons. The van der Waals surface area contributed by atoms with Crippen LogP contribution in [0.25, 0.3) is 0 Å². The van der Waals surface area contributed by atoms with Crippen molar-refractivity contribution in [3.63, 3.8) is 0 Å². The standard InChI is InChI=1S/C16H18Cl2N2/c1-20(2)13-8-6-11(7-9-13)15(19)10-12-4-3-5-14(17)16(12)18/h3-9,15H,10,19H2,1-2H3. The topological polar surface area (TPSA) is 29.3 Å². The Morgan fingerprint density at radius 3 is 2.30 bits per heavy atom. The smallest absolute Gasteiger partial charge is 0.0624 e. The second-order valence-corrected chi connectivity index (χ2v) is 5.79. The second kappa shape index (κ2) is 6.49. The molecule has 0 aliphatic carbocycles. The Balaban J connectivity index is 2.15. The molecule has 0 fully saturated rings. The minimum absolute atomic E-state index is 0.0952. The number of hydrogen-bond acceptors (Lipinski definition) is 2. The lowest BCUT2D eigenvalue weighted by molar-refractivity contribution is 0.722. The summed E-state index contributed by atoms with van der Waals surface area (Å²) in [5, 5.41) is 1.16. The quantitative estimate of drug-likeness (QED) is 0.912. The van der Waals surface area contributed by atoms with Crippen molar-refractivity contribution in [3.05, 3.63) is 63.6 Å². The molecule has 106 valence electrons. The molecule has 0 aromatic heterocycles. The van der Waals surface area contributed by atoms with E-state index >= 15 is 0 Å². The van der Waals surface area contributed by atoms with Gasteiger partial charge in [-0.25, -0.2) is 0 Å². The summed E-state index contributed by atoms with van der Waals surface area (Å²) in [7, 11) is 4.03. The average Bonchev–Trinajstić information content (AvgIpc) is 2.44. The molecule has 0 bridgehead atoms. The SMILES string of the molecule is CN(C)c1ccc(C(N)Cc2cccc(Cl)c2Cl)cc1. The fourth-order valence-corrected chi connectivity index (χ4v) is 2.48. The molecule has 0 spiro atoms. The maximum absolute atomic E-state index is 6.26. The first-order valence-electron chi connectivity index (χ1n) is 6.45. The summed E-state index contributed by atoms with van der Waals surface area (Å²) in [5.41, 5.74) is 9.48. The minimum atomic E-state index is -0.0952. The number of halogens is 2. The van der Waals surface area contributed by atoms with Gasteiger partial charge >= 0.3 is 0 Å². The summed E-state index contributed by atoms with van der Waals surface area (Å²) in [4.78, 5) is 2.06. The van der Waals surface area contributed by atoms with Crippen LogP contribution in [0.4, 0.5) is 5.69 Å². The van der Waals surface area contributed by atoms with Crippen molar-refractivity contribution in [1.29, 1.82) is 0 Å². The highest BCUT2D eigenvalue weighted by atomic mass is 35.5. The van der Waals surface area contributed by atoms with E-state index in [9.17, 15) is 0 Å². The predicted octanol–water partition coefficient (Wildman–Crippen LogP) is 4.30. The van der Waals surface area contributed by atoms with Gasteiger partial charge in [-0.05, 0) is 35.7 Å². The normalized spacial score (nSPS) is 12.2. The van der Waals surface area contributed by atoms with Crippen LogP contribution in [0.15, 0.2) is 42.5 Å². The van der Waals surface area contributed by atoms with E-state index in [4.69, 9.17) is 28.9 Å². The molecule has 20 heavy (non-hydrogen) atoms. The van der Waals surface area contributed by atoms with E-state index in [2.05, 4.69) is 29.2 Å². The number of hydrogen-bond donors (Lipinski definition) is 1. The molecular formula is C16H18Cl2N2. The van der Waals surface area contributed by atoms with Gasteiger partial charge in [-0.3, -0.25) is 0 Å². The highest BCUT2D eigenvalue weighted by Crippen LogP contribution is 2.28. The largest absolute Gasteiger partial charge is 0.378 e. The zero-order valence-electron chi connectivity index (χ0n) is 11.6. The van der Waals surface area contributed by atoms with Crippen LogP contribution in [-0.2, 0) is 6.42 Å². The molecule has 0 heterocycles. The lowest BCUT2D eigenvalue weighted by Crippen LogP contribution is -2.14. The number of benzene rings is 2. The lowest BCUT2D eigenvalue weighted by Gasteiger charge is -2.16. The van der Waals surface area contributed by atoms with Gasteiger partial charge in [-0.2, -0.15) is 0 Å². The highest BCUT2D eigenvalue weighted by molar-refractivity contribution is 6.42. The van der Waals surface area contributed by atoms with Crippen LogP contribution in [0.1, 0.15) is 17.2 Å². The second-order valence-electron chi connectivity index (χ2n) is 5.01. The van der Waals surface area contributed by atoms with Crippen molar-refractivity contribution in [2.75, 3.05) is 19.0 Å². The Kier molecular flexibility index (Phi) is 4.92. The van der Waals surface area contributed by atoms with Crippen LogP contribution < -0.4 is 10.6 Å². The maximum atomic E-state index is 6.26. The van der Waals surface area contributed by atoms with E-state index in [1.54, 1.807) is 6.07 Å². The Morgan fingerprint density at radius 1 is 1.05 bits per heavy atom. The van der Waals surface area contributed by atoms with Crippen LogP contribution in [0.3, 0.4) is 0 Å². The maximum Gasteiger partial charge on any atom is 0.0624 e. The van der Waals surface area contributed by atoms with Crippen molar-refractivity contribution in [3.8, 4) is 0 Å². The Bertz CT molecular complexity index is 580. The third kappa shape index (κ3) is 3.45.